The van der Waals surface area contributed by atoms with Gasteiger partial charge in [-0.1, -0.05) is 35.5 Å². The summed E-state index contributed by atoms with van der Waals surface area (Å²) in [6.07, 6.45) is -0.546. The fraction of sp³-hybridized carbons (Fsp3) is 0.190. The van der Waals surface area contributed by atoms with Crippen molar-refractivity contribution in [1.29, 1.82) is 0 Å². The van der Waals surface area contributed by atoms with Crippen LogP contribution in [0.2, 0.25) is 0 Å². The van der Waals surface area contributed by atoms with Crippen molar-refractivity contribution in [2.75, 3.05) is 16.0 Å². The molecule has 0 unspecified atom stereocenters. The van der Waals surface area contributed by atoms with E-state index in [-0.39, 0.29) is 11.8 Å². The second-order valence-electron chi connectivity index (χ2n) is 6.76. The number of amides is 2. The van der Waals surface area contributed by atoms with Crippen molar-refractivity contribution < 1.29 is 18.8 Å². The molecule has 1 aliphatic heterocycles. The summed E-state index contributed by atoms with van der Waals surface area (Å²) >= 11 is 0. The van der Waals surface area contributed by atoms with Crippen molar-refractivity contribution in [2.45, 2.75) is 26.0 Å². The third-order valence-electron chi connectivity index (χ3n) is 4.50. The number of nitrogens with one attached hydrogen (secondary N) is 3. The van der Waals surface area contributed by atoms with Gasteiger partial charge in [0.1, 0.15) is 17.6 Å². The lowest BCUT2D eigenvalue weighted by Gasteiger charge is -2.25. The van der Waals surface area contributed by atoms with Crippen LogP contribution in [-0.4, -0.2) is 23.1 Å². The molecule has 3 N–H and O–H groups in total. The molecular formula is C21H20N4O4. The zero-order valence-electron chi connectivity index (χ0n) is 15.9. The highest BCUT2D eigenvalue weighted by Crippen LogP contribution is 2.33. The minimum absolute atomic E-state index is 0.214. The molecule has 8 heteroatoms. The van der Waals surface area contributed by atoms with Crippen molar-refractivity contribution in [3.05, 3.63) is 65.9 Å². The lowest BCUT2D eigenvalue weighted by Crippen LogP contribution is -2.34. The van der Waals surface area contributed by atoms with Crippen LogP contribution in [-0.2, 0) is 9.59 Å². The third-order valence-corrected chi connectivity index (χ3v) is 4.50. The minimum Gasteiger partial charge on any atom is -0.479 e. The van der Waals surface area contributed by atoms with Crippen LogP contribution in [0.5, 0.6) is 5.75 Å². The molecule has 0 bridgehead atoms. The summed E-state index contributed by atoms with van der Waals surface area (Å²) in [4.78, 5) is 24.8. The predicted octanol–water partition coefficient (Wildman–Crippen LogP) is 3.49. The molecule has 3 aromatic rings. The van der Waals surface area contributed by atoms with Gasteiger partial charge in [0.25, 0.3) is 11.8 Å². The lowest BCUT2D eigenvalue weighted by atomic mass is 10.1. The van der Waals surface area contributed by atoms with Crippen LogP contribution in [0, 0.1) is 6.92 Å². The van der Waals surface area contributed by atoms with Crippen LogP contribution < -0.4 is 20.7 Å². The third kappa shape index (κ3) is 4.06. The first-order valence-electron chi connectivity index (χ1n) is 9.17. The van der Waals surface area contributed by atoms with E-state index >= 15 is 0 Å². The molecular weight excluding hydrogens is 372 g/mol. The molecule has 148 valence electrons. The Kier molecular flexibility index (Phi) is 4.90. The van der Waals surface area contributed by atoms with E-state index in [0.717, 1.165) is 5.56 Å². The number of aromatic nitrogens is 1. The van der Waals surface area contributed by atoms with E-state index in [2.05, 4.69) is 21.1 Å². The molecule has 2 heterocycles. The van der Waals surface area contributed by atoms with Gasteiger partial charge in [-0.3, -0.25) is 9.59 Å². The van der Waals surface area contributed by atoms with E-state index in [4.69, 9.17) is 9.26 Å². The Morgan fingerprint density at radius 2 is 1.97 bits per heavy atom. The number of ether oxygens (including phenoxy) is 1. The zero-order chi connectivity index (χ0) is 20.4. The molecule has 2 atom stereocenters. The Bertz CT molecular complexity index is 1050. The summed E-state index contributed by atoms with van der Waals surface area (Å²) in [7, 11) is 0. The van der Waals surface area contributed by atoms with Crippen LogP contribution in [0.15, 0.2) is 59.1 Å². The standard InChI is InChI=1S/C21H20N4O4/c1-12-10-18(25-29-12)24-21(27)19(14-6-4-3-5-7-14)22-15-8-9-17-16(11-15)23-20(26)13(2)28-17/h3-11,13,19,22H,1-2H3,(H,23,26)(H,24,25,27)/t13-,19+/m1/s1. The van der Waals surface area contributed by atoms with Crippen molar-refractivity contribution in [3.63, 3.8) is 0 Å². The molecule has 1 aliphatic rings. The number of hydrogen-bond acceptors (Lipinski definition) is 6. The molecule has 29 heavy (non-hydrogen) atoms. The molecule has 0 saturated heterocycles. The highest BCUT2D eigenvalue weighted by atomic mass is 16.5. The molecule has 0 radical (unpaired) electrons. The average molecular weight is 392 g/mol. The molecule has 8 nitrogen and oxygen atoms in total. The monoisotopic (exact) mass is 392 g/mol. The molecule has 2 aromatic carbocycles. The Morgan fingerprint density at radius 3 is 2.69 bits per heavy atom. The second kappa shape index (κ2) is 7.67. The highest BCUT2D eigenvalue weighted by molar-refractivity contribution is 5.99. The van der Waals surface area contributed by atoms with Gasteiger partial charge >= 0.3 is 0 Å². The van der Waals surface area contributed by atoms with E-state index in [1.54, 1.807) is 38.1 Å². The van der Waals surface area contributed by atoms with Crippen LogP contribution in [0.3, 0.4) is 0 Å². The van der Waals surface area contributed by atoms with Gasteiger partial charge in [-0.15, -0.1) is 0 Å². The normalized spacial score (nSPS) is 16.2. The molecule has 0 fully saturated rings. The SMILES string of the molecule is Cc1cc(NC(=O)[C@@H](Nc2ccc3c(c2)NC(=O)[C@@H](C)O3)c2ccccc2)no1. The number of fused-ring (bicyclic) bond motifs is 1. The summed E-state index contributed by atoms with van der Waals surface area (Å²) in [6.45, 7) is 3.44. The van der Waals surface area contributed by atoms with E-state index in [1.807, 2.05) is 30.3 Å². The first kappa shape index (κ1) is 18.5. The maximum absolute atomic E-state index is 13.0. The summed E-state index contributed by atoms with van der Waals surface area (Å²) in [5.41, 5.74) is 1.98. The van der Waals surface area contributed by atoms with Gasteiger partial charge in [0.15, 0.2) is 11.9 Å². The van der Waals surface area contributed by atoms with E-state index < -0.39 is 12.1 Å². The number of aryl methyl sites for hydroxylation is 1. The number of rotatable bonds is 5. The Labute approximate surface area is 167 Å². The van der Waals surface area contributed by atoms with Crippen molar-refractivity contribution >= 4 is 29.0 Å². The average Bonchev–Trinajstić information content (AvgIpc) is 3.12. The van der Waals surface area contributed by atoms with E-state index in [9.17, 15) is 9.59 Å². The first-order valence-corrected chi connectivity index (χ1v) is 9.17. The molecule has 0 aliphatic carbocycles. The van der Waals surface area contributed by atoms with Crippen LogP contribution in [0.25, 0.3) is 0 Å². The lowest BCUT2D eigenvalue weighted by molar-refractivity contribution is -0.122. The molecule has 0 saturated carbocycles. The second-order valence-corrected chi connectivity index (χ2v) is 6.76. The van der Waals surface area contributed by atoms with Gasteiger partial charge in [-0.25, -0.2) is 0 Å². The van der Waals surface area contributed by atoms with E-state index in [1.165, 1.54) is 0 Å². The maximum atomic E-state index is 13.0. The van der Waals surface area contributed by atoms with Crippen molar-refractivity contribution in [1.82, 2.24) is 5.16 Å². The Hall–Kier alpha value is -3.81. The number of carbonyl (C=O) groups is 2. The number of nitrogens with zero attached hydrogens (tertiary/aromatic N) is 1. The van der Waals surface area contributed by atoms with Gasteiger partial charge in [-0.05, 0) is 37.6 Å². The van der Waals surface area contributed by atoms with Crippen molar-refractivity contribution in [3.8, 4) is 5.75 Å². The van der Waals surface area contributed by atoms with Gasteiger partial charge in [-0.2, -0.15) is 0 Å². The van der Waals surface area contributed by atoms with Gasteiger partial charge in [0.05, 0.1) is 5.69 Å². The summed E-state index contributed by atoms with van der Waals surface area (Å²) in [5, 5.41) is 12.6. The number of anilines is 3. The molecule has 4 rings (SSSR count). The number of carbonyl (C=O) groups excluding carboxylic acids is 2. The maximum Gasteiger partial charge on any atom is 0.265 e. The molecule has 0 spiro atoms. The van der Waals surface area contributed by atoms with Gasteiger partial charge < -0.3 is 25.2 Å². The summed E-state index contributed by atoms with van der Waals surface area (Å²) in [5.74, 6) is 1.02. The van der Waals surface area contributed by atoms with Gasteiger partial charge in [0, 0.05) is 11.8 Å². The first-order chi connectivity index (χ1) is 14.0. The smallest absolute Gasteiger partial charge is 0.265 e. The molecule has 1 aromatic heterocycles. The highest BCUT2D eigenvalue weighted by Gasteiger charge is 2.25. The van der Waals surface area contributed by atoms with Crippen LogP contribution >= 0.6 is 0 Å². The predicted molar refractivity (Wildman–Crippen MR) is 108 cm³/mol. The Balaban J connectivity index is 1.60. The largest absolute Gasteiger partial charge is 0.479 e. The van der Waals surface area contributed by atoms with Crippen molar-refractivity contribution in [2.24, 2.45) is 0 Å². The van der Waals surface area contributed by atoms with Crippen LogP contribution in [0.4, 0.5) is 17.2 Å². The fourth-order valence-corrected chi connectivity index (χ4v) is 3.03. The summed E-state index contributed by atoms with van der Waals surface area (Å²) in [6, 6.07) is 15.6. The quantitative estimate of drug-likeness (QED) is 0.614. The van der Waals surface area contributed by atoms with Gasteiger partial charge in [0.2, 0.25) is 0 Å². The minimum atomic E-state index is -0.689. The van der Waals surface area contributed by atoms with Crippen LogP contribution in [0.1, 0.15) is 24.3 Å². The topological polar surface area (TPSA) is 105 Å². The Morgan fingerprint density at radius 1 is 1.17 bits per heavy atom. The number of hydrogen-bond donors (Lipinski definition) is 3. The molecule has 2 amide bonds. The zero-order valence-corrected chi connectivity index (χ0v) is 15.9. The fourth-order valence-electron chi connectivity index (χ4n) is 3.03. The van der Waals surface area contributed by atoms with E-state index in [0.29, 0.717) is 28.7 Å². The summed E-state index contributed by atoms with van der Waals surface area (Å²) < 4.78 is 10.6. The number of benzene rings is 2.